The van der Waals surface area contributed by atoms with Gasteiger partial charge in [-0.25, -0.2) is 4.98 Å². The van der Waals surface area contributed by atoms with Crippen LogP contribution in [0, 0.1) is 0 Å². The van der Waals surface area contributed by atoms with Gasteiger partial charge in [-0.2, -0.15) is 0 Å². The molecule has 2 heterocycles. The first-order valence-electron chi connectivity index (χ1n) is 4.71. The summed E-state index contributed by atoms with van der Waals surface area (Å²) in [5.74, 6) is 1.08. The summed E-state index contributed by atoms with van der Waals surface area (Å²) in [6, 6.07) is 0.622. The van der Waals surface area contributed by atoms with Gasteiger partial charge in [-0.05, 0) is 13.5 Å². The molecule has 0 spiro atoms. The van der Waals surface area contributed by atoms with E-state index in [1.807, 2.05) is 26.5 Å². The SMILES string of the molecule is CNC1CCN(c2nccn2C)C1. The lowest BCUT2D eigenvalue weighted by atomic mass is 10.3. The van der Waals surface area contributed by atoms with Gasteiger partial charge in [0.05, 0.1) is 0 Å². The number of aryl methyl sites for hydroxylation is 1. The zero-order valence-corrected chi connectivity index (χ0v) is 8.20. The fourth-order valence-corrected chi connectivity index (χ4v) is 1.84. The Bertz CT molecular complexity index is 281. The molecule has 1 fully saturated rings. The summed E-state index contributed by atoms with van der Waals surface area (Å²) < 4.78 is 2.07. The van der Waals surface area contributed by atoms with Crippen LogP contribution in [0.5, 0.6) is 0 Å². The first-order chi connectivity index (χ1) is 6.31. The summed E-state index contributed by atoms with van der Waals surface area (Å²) in [7, 11) is 4.06. The van der Waals surface area contributed by atoms with Gasteiger partial charge in [0.15, 0.2) is 0 Å². The topological polar surface area (TPSA) is 33.1 Å². The predicted octanol–water partition coefficient (Wildman–Crippen LogP) is 0.218. The normalized spacial score (nSPS) is 22.6. The molecule has 0 radical (unpaired) electrons. The molecule has 13 heavy (non-hydrogen) atoms. The number of nitrogens with one attached hydrogen (secondary N) is 1. The smallest absolute Gasteiger partial charge is 0.205 e. The quantitative estimate of drug-likeness (QED) is 0.706. The third-order valence-electron chi connectivity index (χ3n) is 2.68. The second-order valence-corrected chi connectivity index (χ2v) is 3.56. The molecule has 0 bridgehead atoms. The molecular weight excluding hydrogens is 164 g/mol. The molecule has 4 heteroatoms. The monoisotopic (exact) mass is 180 g/mol. The van der Waals surface area contributed by atoms with Gasteiger partial charge < -0.3 is 14.8 Å². The Morgan fingerprint density at radius 1 is 1.62 bits per heavy atom. The van der Waals surface area contributed by atoms with Crippen LogP contribution in [0.2, 0.25) is 0 Å². The van der Waals surface area contributed by atoms with Gasteiger partial charge in [0.1, 0.15) is 0 Å². The van der Waals surface area contributed by atoms with E-state index in [-0.39, 0.29) is 0 Å². The molecule has 1 atom stereocenters. The van der Waals surface area contributed by atoms with Crippen molar-refractivity contribution in [3.63, 3.8) is 0 Å². The molecule has 1 aliphatic rings. The molecule has 4 nitrogen and oxygen atoms in total. The zero-order chi connectivity index (χ0) is 9.26. The third-order valence-corrected chi connectivity index (χ3v) is 2.68. The Balaban J connectivity index is 2.08. The summed E-state index contributed by atoms with van der Waals surface area (Å²) in [4.78, 5) is 6.65. The summed E-state index contributed by atoms with van der Waals surface area (Å²) in [5.41, 5.74) is 0. The Hall–Kier alpha value is -1.03. The first-order valence-corrected chi connectivity index (χ1v) is 4.71. The van der Waals surface area contributed by atoms with Crippen molar-refractivity contribution in [1.29, 1.82) is 0 Å². The van der Waals surface area contributed by atoms with Gasteiger partial charge in [-0.15, -0.1) is 0 Å². The van der Waals surface area contributed by atoms with Crippen LogP contribution in [-0.2, 0) is 7.05 Å². The number of nitrogens with zero attached hydrogens (tertiary/aromatic N) is 3. The maximum Gasteiger partial charge on any atom is 0.205 e. The maximum atomic E-state index is 4.33. The van der Waals surface area contributed by atoms with Crippen LogP contribution >= 0.6 is 0 Å². The van der Waals surface area contributed by atoms with E-state index in [9.17, 15) is 0 Å². The highest BCUT2D eigenvalue weighted by molar-refractivity contribution is 5.33. The highest BCUT2D eigenvalue weighted by Crippen LogP contribution is 2.16. The van der Waals surface area contributed by atoms with E-state index in [1.165, 1.54) is 6.42 Å². The lowest BCUT2D eigenvalue weighted by molar-refractivity contribution is 0.615. The van der Waals surface area contributed by atoms with Gasteiger partial charge in [0.2, 0.25) is 5.95 Å². The van der Waals surface area contributed by atoms with Crippen LogP contribution in [-0.4, -0.2) is 35.7 Å². The molecule has 1 aromatic heterocycles. The fourth-order valence-electron chi connectivity index (χ4n) is 1.84. The van der Waals surface area contributed by atoms with Crippen LogP contribution in [0.15, 0.2) is 12.4 Å². The number of likely N-dealkylation sites (N-methyl/N-ethyl adjacent to an activating group) is 1. The van der Waals surface area contributed by atoms with E-state index in [4.69, 9.17) is 0 Å². The van der Waals surface area contributed by atoms with Crippen LogP contribution in [0.25, 0.3) is 0 Å². The molecule has 1 aromatic rings. The lowest BCUT2D eigenvalue weighted by Gasteiger charge is -2.17. The van der Waals surface area contributed by atoms with Gasteiger partial charge in [-0.1, -0.05) is 0 Å². The van der Waals surface area contributed by atoms with E-state index in [0.717, 1.165) is 19.0 Å². The lowest BCUT2D eigenvalue weighted by Crippen LogP contribution is -2.30. The molecule has 1 aliphatic heterocycles. The standard InChI is InChI=1S/C9H16N4/c1-10-8-3-5-13(7-8)9-11-4-6-12(9)2/h4,6,8,10H,3,5,7H2,1-2H3. The average Bonchev–Trinajstić information content (AvgIpc) is 2.71. The minimum Gasteiger partial charge on any atom is -0.341 e. The van der Waals surface area contributed by atoms with E-state index < -0.39 is 0 Å². The molecule has 1 N–H and O–H groups in total. The van der Waals surface area contributed by atoms with Crippen LogP contribution in [0.4, 0.5) is 5.95 Å². The minimum absolute atomic E-state index is 0.622. The second-order valence-electron chi connectivity index (χ2n) is 3.56. The molecule has 72 valence electrons. The van der Waals surface area contributed by atoms with E-state index >= 15 is 0 Å². The first kappa shape index (κ1) is 8.56. The molecule has 0 saturated carbocycles. The molecule has 1 saturated heterocycles. The number of aromatic nitrogens is 2. The third kappa shape index (κ3) is 1.54. The molecular formula is C9H16N4. The molecule has 2 rings (SSSR count). The van der Waals surface area contributed by atoms with Gasteiger partial charge in [0, 0.05) is 38.6 Å². The van der Waals surface area contributed by atoms with Crippen molar-refractivity contribution in [2.75, 3.05) is 25.0 Å². The highest BCUT2D eigenvalue weighted by Gasteiger charge is 2.23. The Morgan fingerprint density at radius 3 is 3.00 bits per heavy atom. The fraction of sp³-hybridized carbons (Fsp3) is 0.667. The summed E-state index contributed by atoms with van der Waals surface area (Å²) in [5, 5.41) is 3.30. The van der Waals surface area contributed by atoms with Crippen molar-refractivity contribution in [3.8, 4) is 0 Å². The molecule has 1 unspecified atom stereocenters. The van der Waals surface area contributed by atoms with Crippen molar-refractivity contribution < 1.29 is 0 Å². The van der Waals surface area contributed by atoms with Crippen molar-refractivity contribution in [2.45, 2.75) is 12.5 Å². The predicted molar refractivity (Wildman–Crippen MR) is 52.9 cm³/mol. The van der Waals surface area contributed by atoms with Crippen LogP contribution in [0.3, 0.4) is 0 Å². The van der Waals surface area contributed by atoms with Crippen LogP contribution in [0.1, 0.15) is 6.42 Å². The van der Waals surface area contributed by atoms with Crippen molar-refractivity contribution >= 4 is 5.95 Å². The Morgan fingerprint density at radius 2 is 2.46 bits per heavy atom. The van der Waals surface area contributed by atoms with E-state index in [0.29, 0.717) is 6.04 Å². The van der Waals surface area contributed by atoms with Crippen LogP contribution < -0.4 is 10.2 Å². The van der Waals surface area contributed by atoms with Gasteiger partial charge in [0.25, 0.3) is 0 Å². The second kappa shape index (κ2) is 3.38. The van der Waals surface area contributed by atoms with Gasteiger partial charge >= 0.3 is 0 Å². The number of anilines is 1. The number of rotatable bonds is 2. The maximum absolute atomic E-state index is 4.33. The minimum atomic E-state index is 0.622. The zero-order valence-electron chi connectivity index (χ0n) is 8.20. The number of hydrogen-bond donors (Lipinski definition) is 1. The van der Waals surface area contributed by atoms with Crippen molar-refractivity contribution in [1.82, 2.24) is 14.9 Å². The van der Waals surface area contributed by atoms with Crippen molar-refractivity contribution in [2.24, 2.45) is 7.05 Å². The highest BCUT2D eigenvalue weighted by atomic mass is 15.3. The summed E-state index contributed by atoms with van der Waals surface area (Å²) in [6.45, 7) is 2.18. The average molecular weight is 180 g/mol. The van der Waals surface area contributed by atoms with E-state index in [2.05, 4.69) is 19.8 Å². The summed E-state index contributed by atoms with van der Waals surface area (Å²) >= 11 is 0. The number of hydrogen-bond acceptors (Lipinski definition) is 3. The Labute approximate surface area is 78.6 Å². The summed E-state index contributed by atoms with van der Waals surface area (Å²) in [6.07, 6.45) is 5.05. The van der Waals surface area contributed by atoms with Crippen molar-refractivity contribution in [3.05, 3.63) is 12.4 Å². The molecule has 0 aliphatic carbocycles. The van der Waals surface area contributed by atoms with Gasteiger partial charge in [-0.3, -0.25) is 0 Å². The molecule has 0 aromatic carbocycles. The Kier molecular flexibility index (Phi) is 2.22. The largest absolute Gasteiger partial charge is 0.341 e. The van der Waals surface area contributed by atoms with E-state index in [1.54, 1.807) is 0 Å². The number of imidazole rings is 1. The molecule has 0 amide bonds.